The third-order valence-electron chi connectivity index (χ3n) is 5.92. The maximum atomic E-state index is 13.9. The van der Waals surface area contributed by atoms with Gasteiger partial charge in [-0.1, -0.05) is 13.8 Å². The number of halogens is 5. The maximum Gasteiger partial charge on any atom is 0.305 e. The fourth-order valence-electron chi connectivity index (χ4n) is 3.70. The summed E-state index contributed by atoms with van der Waals surface area (Å²) in [7, 11) is 1.35. The molecule has 2 aromatic carbocycles. The van der Waals surface area contributed by atoms with Gasteiger partial charge in [0.2, 0.25) is 40.9 Å². The molecule has 2 amide bonds. The summed E-state index contributed by atoms with van der Waals surface area (Å²) in [5.74, 6) is -18.7. The lowest BCUT2D eigenvalue weighted by atomic mass is 10.0. The second kappa shape index (κ2) is 14.4. The Morgan fingerprint density at radius 1 is 0.905 bits per heavy atom. The minimum atomic E-state index is -2.45. The molecule has 0 aliphatic rings. The highest BCUT2D eigenvalue weighted by atomic mass is 19.2. The van der Waals surface area contributed by atoms with E-state index in [-0.39, 0.29) is 12.2 Å². The fourth-order valence-corrected chi connectivity index (χ4v) is 3.70. The highest BCUT2D eigenvalue weighted by Crippen LogP contribution is 2.29. The summed E-state index contributed by atoms with van der Waals surface area (Å²) in [5, 5.41) is 13.7. The van der Waals surface area contributed by atoms with Crippen LogP contribution in [0.4, 0.5) is 22.0 Å². The monoisotopic (exact) mass is 602 g/mol. The van der Waals surface area contributed by atoms with Crippen LogP contribution >= 0.6 is 0 Å². The Morgan fingerprint density at radius 3 is 1.98 bits per heavy atom. The molecule has 0 spiro atoms. The van der Waals surface area contributed by atoms with Crippen molar-refractivity contribution in [2.45, 2.75) is 45.7 Å². The van der Waals surface area contributed by atoms with Gasteiger partial charge in [0.05, 0.1) is 20.0 Å². The minimum absolute atomic E-state index is 0.267. The van der Waals surface area contributed by atoms with Gasteiger partial charge < -0.3 is 25.2 Å². The van der Waals surface area contributed by atoms with E-state index >= 15 is 0 Å². The molecule has 0 aliphatic heterocycles. The number of methoxy groups -OCH3 is 1. The molecule has 0 bridgehead atoms. The number of ether oxygens (including phenoxy) is 2. The lowest BCUT2D eigenvalue weighted by molar-refractivity contribution is -0.141. The molecule has 0 aromatic heterocycles. The Balaban J connectivity index is 2.20. The molecule has 0 radical (unpaired) electrons. The highest BCUT2D eigenvalue weighted by Gasteiger charge is 2.32. The second-order valence-electron chi connectivity index (χ2n) is 9.36. The van der Waals surface area contributed by atoms with Gasteiger partial charge in [-0.25, -0.2) is 13.2 Å². The van der Waals surface area contributed by atoms with Crippen molar-refractivity contribution in [3.05, 3.63) is 58.4 Å². The van der Waals surface area contributed by atoms with Crippen LogP contribution in [0, 0.1) is 35.0 Å². The molecule has 1 unspecified atom stereocenters. The van der Waals surface area contributed by atoms with E-state index in [4.69, 9.17) is 4.74 Å². The number of carboxylic acid groups (broad SMARTS) is 1. The molecular weight excluding hydrogens is 575 g/mol. The van der Waals surface area contributed by atoms with Crippen LogP contribution in [0.2, 0.25) is 0 Å². The second-order valence-corrected chi connectivity index (χ2v) is 9.36. The van der Waals surface area contributed by atoms with Crippen molar-refractivity contribution < 1.29 is 60.5 Å². The zero-order chi connectivity index (χ0) is 31.9. The summed E-state index contributed by atoms with van der Waals surface area (Å²) in [6.07, 6.45) is -1.37. The van der Waals surface area contributed by atoms with Crippen LogP contribution < -0.4 is 20.1 Å². The van der Waals surface area contributed by atoms with Crippen molar-refractivity contribution in [2.24, 2.45) is 5.92 Å². The number of Topliss-reactive ketones (excluding diaryl/α,β-unsaturated/α-hetero) is 2. The molecule has 0 saturated heterocycles. The number of ketones is 2. The van der Waals surface area contributed by atoms with Gasteiger partial charge in [-0.15, -0.1) is 0 Å². The van der Waals surface area contributed by atoms with Crippen molar-refractivity contribution >= 4 is 29.4 Å². The van der Waals surface area contributed by atoms with Crippen LogP contribution in [0.1, 0.15) is 43.1 Å². The summed E-state index contributed by atoms with van der Waals surface area (Å²) in [4.78, 5) is 61.5. The third kappa shape index (κ3) is 8.24. The van der Waals surface area contributed by atoms with Gasteiger partial charge in [0, 0.05) is 11.1 Å². The molecule has 2 rings (SSSR count). The van der Waals surface area contributed by atoms with Gasteiger partial charge in [0.1, 0.15) is 24.4 Å². The predicted octanol–water partition coefficient (Wildman–Crippen LogP) is 2.88. The molecule has 42 heavy (non-hydrogen) atoms. The molecule has 0 fully saturated rings. The summed E-state index contributed by atoms with van der Waals surface area (Å²) in [6, 6.07) is 1.24. The highest BCUT2D eigenvalue weighted by molar-refractivity contribution is 5.96. The lowest BCUT2D eigenvalue weighted by Crippen LogP contribution is -2.54. The van der Waals surface area contributed by atoms with Crippen LogP contribution in [0.3, 0.4) is 0 Å². The fraction of sp³-hybridized carbons (Fsp3) is 0.370. The Labute approximate surface area is 236 Å². The van der Waals surface area contributed by atoms with E-state index in [0.717, 1.165) is 0 Å². The van der Waals surface area contributed by atoms with E-state index in [1.165, 1.54) is 46.1 Å². The molecule has 0 saturated carbocycles. The Kier molecular flexibility index (Phi) is 11.5. The molecule has 228 valence electrons. The summed E-state index contributed by atoms with van der Waals surface area (Å²) < 4.78 is 77.5. The molecule has 2 atom stereocenters. The molecule has 15 heteroatoms. The molecular formula is C27H27F5N2O8. The largest absolute Gasteiger partial charge is 0.496 e. The SMILES string of the molecule is COc1ccc(C(C)=O)cc1CC(=O)N[C@H](C(=O)NC(CC(=O)O)C(=O)COc1c(F)c(F)c(F)c(F)c1F)C(C)C. The van der Waals surface area contributed by atoms with E-state index in [2.05, 4.69) is 15.4 Å². The van der Waals surface area contributed by atoms with Gasteiger partial charge in [-0.2, -0.15) is 8.78 Å². The van der Waals surface area contributed by atoms with Crippen molar-refractivity contribution in [2.75, 3.05) is 13.7 Å². The molecule has 0 aliphatic carbocycles. The van der Waals surface area contributed by atoms with Crippen molar-refractivity contribution in [3.8, 4) is 11.5 Å². The minimum Gasteiger partial charge on any atom is -0.496 e. The third-order valence-corrected chi connectivity index (χ3v) is 5.92. The zero-order valence-electron chi connectivity index (χ0n) is 22.8. The summed E-state index contributed by atoms with van der Waals surface area (Å²) in [6.45, 7) is 3.01. The number of nitrogens with one attached hydrogen (secondary N) is 2. The average molecular weight is 603 g/mol. The number of aliphatic carboxylic acids is 1. The van der Waals surface area contributed by atoms with Crippen molar-refractivity contribution in [1.82, 2.24) is 10.6 Å². The molecule has 10 nitrogen and oxygen atoms in total. The Bertz CT molecular complexity index is 1370. The summed E-state index contributed by atoms with van der Waals surface area (Å²) in [5.41, 5.74) is 0.634. The van der Waals surface area contributed by atoms with E-state index in [1.807, 2.05) is 0 Å². The molecule has 3 N–H and O–H groups in total. The number of hydrogen-bond acceptors (Lipinski definition) is 7. The van der Waals surface area contributed by atoms with E-state index in [9.17, 15) is 51.0 Å². The number of carbonyl (C=O) groups excluding carboxylic acids is 4. The first kappa shape index (κ1) is 33.6. The van der Waals surface area contributed by atoms with Gasteiger partial charge in [-0.05, 0) is 31.0 Å². The number of carbonyl (C=O) groups is 5. The average Bonchev–Trinajstić information content (AvgIpc) is 2.92. The predicted molar refractivity (Wildman–Crippen MR) is 134 cm³/mol. The smallest absolute Gasteiger partial charge is 0.305 e. The number of amides is 2. The first-order valence-electron chi connectivity index (χ1n) is 12.2. The topological polar surface area (TPSA) is 148 Å². The van der Waals surface area contributed by atoms with Crippen LogP contribution in [0.15, 0.2) is 18.2 Å². The normalized spacial score (nSPS) is 12.3. The van der Waals surface area contributed by atoms with Crippen LogP contribution in [-0.4, -0.2) is 60.3 Å². The van der Waals surface area contributed by atoms with Crippen LogP contribution in [0.5, 0.6) is 11.5 Å². The number of benzene rings is 2. The van der Waals surface area contributed by atoms with E-state index in [0.29, 0.717) is 16.9 Å². The zero-order valence-corrected chi connectivity index (χ0v) is 22.8. The number of carboxylic acids is 1. The molecule has 2 aromatic rings. The van der Waals surface area contributed by atoms with Crippen molar-refractivity contribution in [3.63, 3.8) is 0 Å². The quantitative estimate of drug-likeness (QED) is 0.129. The first-order chi connectivity index (χ1) is 19.6. The van der Waals surface area contributed by atoms with Crippen molar-refractivity contribution in [1.29, 1.82) is 0 Å². The van der Waals surface area contributed by atoms with Gasteiger partial charge in [0.15, 0.2) is 17.3 Å². The van der Waals surface area contributed by atoms with Crippen LogP contribution in [0.25, 0.3) is 0 Å². The van der Waals surface area contributed by atoms with Crippen LogP contribution in [-0.2, 0) is 25.6 Å². The number of rotatable bonds is 14. The maximum absolute atomic E-state index is 13.9. The van der Waals surface area contributed by atoms with Gasteiger partial charge >= 0.3 is 5.97 Å². The van der Waals surface area contributed by atoms with E-state index in [1.54, 1.807) is 0 Å². The Hall–Kier alpha value is -4.56. The molecule has 0 heterocycles. The Morgan fingerprint density at radius 2 is 1.48 bits per heavy atom. The first-order valence-corrected chi connectivity index (χ1v) is 12.2. The number of hydrogen-bond donors (Lipinski definition) is 3. The van der Waals surface area contributed by atoms with E-state index < -0.39 is 89.4 Å². The van der Waals surface area contributed by atoms with Gasteiger partial charge in [-0.3, -0.25) is 24.0 Å². The standard InChI is InChI=1S/C27H27F5N2O8/c1-11(2)25(34-18(37)8-14-7-13(12(3)35)5-6-17(14)41-4)27(40)33-15(9-19(38)39)16(36)10-42-26-23(31)21(29)20(28)22(30)24(26)32/h5-7,11,15,25H,8-10H2,1-4H3,(H,33,40)(H,34,37)(H,38,39)/t15?,25-/m0/s1. The lowest BCUT2D eigenvalue weighted by Gasteiger charge is -2.25. The summed E-state index contributed by atoms with van der Waals surface area (Å²) >= 11 is 0. The van der Waals surface area contributed by atoms with Gasteiger partial charge in [0.25, 0.3) is 0 Å².